The van der Waals surface area contributed by atoms with E-state index >= 15 is 0 Å². The van der Waals surface area contributed by atoms with E-state index in [4.69, 9.17) is 0 Å². The molecule has 2 N–H and O–H groups in total. The predicted octanol–water partition coefficient (Wildman–Crippen LogP) is 0.331. The van der Waals surface area contributed by atoms with Crippen molar-refractivity contribution < 1.29 is 4.79 Å². The second-order valence-corrected chi connectivity index (χ2v) is 3.02. The van der Waals surface area contributed by atoms with Crippen LogP contribution in [-0.4, -0.2) is 29.0 Å². The van der Waals surface area contributed by atoms with Gasteiger partial charge in [0.15, 0.2) is 0 Å². The van der Waals surface area contributed by atoms with Crippen molar-refractivity contribution in [1.82, 2.24) is 15.3 Å². The summed E-state index contributed by atoms with van der Waals surface area (Å²) in [5, 5.41) is 5.59. The highest BCUT2D eigenvalue weighted by molar-refractivity contribution is 5.94. The molecule has 5 nitrogen and oxygen atoms in total. The Morgan fingerprint density at radius 3 is 2.86 bits per heavy atom. The summed E-state index contributed by atoms with van der Waals surface area (Å²) >= 11 is 0. The van der Waals surface area contributed by atoms with Crippen LogP contribution in [0.2, 0.25) is 0 Å². The Kier molecular flexibility index (Phi) is 3.53. The van der Waals surface area contributed by atoms with E-state index in [2.05, 4.69) is 20.6 Å². The number of amides is 1. The first-order valence-corrected chi connectivity index (χ1v) is 4.40. The van der Waals surface area contributed by atoms with Crippen molar-refractivity contribution in [3.05, 3.63) is 18.2 Å². The second-order valence-electron chi connectivity index (χ2n) is 3.02. The molecule has 0 aliphatic carbocycles. The molecule has 1 aromatic heterocycles. The Hall–Kier alpha value is -1.49. The van der Waals surface area contributed by atoms with Gasteiger partial charge in [0.25, 0.3) is 0 Å². The summed E-state index contributed by atoms with van der Waals surface area (Å²) < 4.78 is 0. The molecule has 1 rings (SSSR count). The van der Waals surface area contributed by atoms with E-state index in [0.717, 1.165) is 5.69 Å². The number of hydrogen-bond acceptors (Lipinski definition) is 4. The van der Waals surface area contributed by atoms with Gasteiger partial charge in [0, 0.05) is 0 Å². The molecule has 0 saturated heterocycles. The largest absolute Gasteiger partial charge is 0.322 e. The van der Waals surface area contributed by atoms with Crippen molar-refractivity contribution in [2.45, 2.75) is 19.9 Å². The lowest BCUT2D eigenvalue weighted by Crippen LogP contribution is -2.35. The summed E-state index contributed by atoms with van der Waals surface area (Å²) in [5.74, 6) is -0.0922. The maximum Gasteiger partial charge on any atom is 0.241 e. The Labute approximate surface area is 83.0 Å². The molecule has 0 radical (unpaired) electrons. The second kappa shape index (κ2) is 4.66. The van der Waals surface area contributed by atoms with E-state index in [-0.39, 0.29) is 11.9 Å². The summed E-state index contributed by atoms with van der Waals surface area (Å²) in [6, 6.07) is -0.227. The molecule has 1 aromatic rings. The van der Waals surface area contributed by atoms with Crippen LogP contribution in [0.15, 0.2) is 12.5 Å². The smallest absolute Gasteiger partial charge is 0.241 e. The van der Waals surface area contributed by atoms with E-state index < -0.39 is 0 Å². The molecule has 0 bridgehead atoms. The summed E-state index contributed by atoms with van der Waals surface area (Å²) in [6.45, 7) is 3.61. The number of hydrogen-bond donors (Lipinski definition) is 2. The molecule has 0 saturated carbocycles. The minimum absolute atomic E-state index is 0.0922. The van der Waals surface area contributed by atoms with Crippen LogP contribution in [0, 0.1) is 6.92 Å². The lowest BCUT2D eigenvalue weighted by atomic mass is 10.3. The SMILES string of the molecule is CNC(C)C(=O)Nc1cncnc1C. The van der Waals surface area contributed by atoms with Crippen molar-refractivity contribution in [2.24, 2.45) is 0 Å². The number of aryl methyl sites for hydroxylation is 1. The fraction of sp³-hybridized carbons (Fsp3) is 0.444. The van der Waals surface area contributed by atoms with Crippen molar-refractivity contribution in [3.63, 3.8) is 0 Å². The molecule has 76 valence electrons. The monoisotopic (exact) mass is 194 g/mol. The predicted molar refractivity (Wildman–Crippen MR) is 53.9 cm³/mol. The number of nitrogens with one attached hydrogen (secondary N) is 2. The quantitative estimate of drug-likeness (QED) is 0.727. The highest BCUT2D eigenvalue weighted by Crippen LogP contribution is 2.08. The van der Waals surface area contributed by atoms with E-state index in [1.54, 1.807) is 20.2 Å². The number of likely N-dealkylation sites (N-methyl/N-ethyl adjacent to an activating group) is 1. The highest BCUT2D eigenvalue weighted by Gasteiger charge is 2.11. The van der Waals surface area contributed by atoms with Crippen LogP contribution in [0.1, 0.15) is 12.6 Å². The van der Waals surface area contributed by atoms with Crippen molar-refractivity contribution >= 4 is 11.6 Å². The normalized spacial score (nSPS) is 12.2. The van der Waals surface area contributed by atoms with Gasteiger partial charge in [-0.2, -0.15) is 0 Å². The Morgan fingerprint density at radius 1 is 1.57 bits per heavy atom. The number of carbonyl (C=O) groups is 1. The highest BCUT2D eigenvalue weighted by atomic mass is 16.2. The summed E-state index contributed by atoms with van der Waals surface area (Å²) in [7, 11) is 1.73. The number of nitrogens with zero attached hydrogens (tertiary/aromatic N) is 2. The van der Waals surface area contributed by atoms with Crippen molar-refractivity contribution in [1.29, 1.82) is 0 Å². The Bertz CT molecular complexity index is 326. The minimum Gasteiger partial charge on any atom is -0.322 e. The van der Waals surface area contributed by atoms with Gasteiger partial charge in [-0.05, 0) is 20.9 Å². The van der Waals surface area contributed by atoms with Crippen molar-refractivity contribution in [2.75, 3.05) is 12.4 Å². The van der Waals surface area contributed by atoms with Crippen LogP contribution < -0.4 is 10.6 Å². The molecule has 0 aromatic carbocycles. The van der Waals surface area contributed by atoms with Gasteiger partial charge in [-0.1, -0.05) is 0 Å². The first kappa shape index (κ1) is 10.6. The van der Waals surface area contributed by atoms with E-state index in [1.165, 1.54) is 6.33 Å². The van der Waals surface area contributed by atoms with Gasteiger partial charge in [0.2, 0.25) is 5.91 Å². The van der Waals surface area contributed by atoms with E-state index in [9.17, 15) is 4.79 Å². The average Bonchev–Trinajstić information content (AvgIpc) is 2.20. The maximum absolute atomic E-state index is 11.5. The number of anilines is 1. The van der Waals surface area contributed by atoms with Gasteiger partial charge in [-0.3, -0.25) is 4.79 Å². The van der Waals surface area contributed by atoms with Gasteiger partial charge in [-0.25, -0.2) is 9.97 Å². The van der Waals surface area contributed by atoms with Crippen LogP contribution in [-0.2, 0) is 4.79 Å². The lowest BCUT2D eigenvalue weighted by molar-refractivity contribution is -0.117. The molecule has 1 unspecified atom stereocenters. The molecule has 1 heterocycles. The van der Waals surface area contributed by atoms with Gasteiger partial charge in [0.1, 0.15) is 6.33 Å². The zero-order valence-electron chi connectivity index (χ0n) is 8.53. The summed E-state index contributed by atoms with van der Waals surface area (Å²) in [5.41, 5.74) is 1.41. The molecule has 0 aliphatic rings. The molecule has 0 fully saturated rings. The zero-order valence-corrected chi connectivity index (χ0v) is 8.53. The minimum atomic E-state index is -0.227. The average molecular weight is 194 g/mol. The zero-order chi connectivity index (χ0) is 10.6. The van der Waals surface area contributed by atoms with Crippen LogP contribution >= 0.6 is 0 Å². The standard InChI is InChI=1S/C9H14N4O/c1-6-8(4-11-5-12-6)13-9(14)7(2)10-3/h4-5,7,10H,1-3H3,(H,13,14). The first-order chi connectivity index (χ1) is 6.65. The van der Waals surface area contributed by atoms with E-state index in [0.29, 0.717) is 5.69 Å². The van der Waals surface area contributed by atoms with Crippen LogP contribution in [0.5, 0.6) is 0 Å². The molecule has 0 aliphatic heterocycles. The molecule has 5 heteroatoms. The number of aromatic nitrogens is 2. The third-order valence-electron chi connectivity index (χ3n) is 2.00. The van der Waals surface area contributed by atoms with Crippen molar-refractivity contribution in [3.8, 4) is 0 Å². The Morgan fingerprint density at radius 2 is 2.29 bits per heavy atom. The lowest BCUT2D eigenvalue weighted by Gasteiger charge is -2.11. The molecule has 14 heavy (non-hydrogen) atoms. The number of carbonyl (C=O) groups excluding carboxylic acids is 1. The topological polar surface area (TPSA) is 66.9 Å². The number of rotatable bonds is 3. The van der Waals surface area contributed by atoms with Crippen LogP contribution in [0.3, 0.4) is 0 Å². The van der Waals surface area contributed by atoms with Gasteiger partial charge in [0.05, 0.1) is 23.6 Å². The molecule has 1 amide bonds. The van der Waals surface area contributed by atoms with E-state index in [1.807, 2.05) is 6.92 Å². The molecular weight excluding hydrogens is 180 g/mol. The summed E-state index contributed by atoms with van der Waals surface area (Å²) in [6.07, 6.45) is 3.04. The third kappa shape index (κ3) is 2.50. The molecule has 1 atom stereocenters. The molecule has 0 spiro atoms. The van der Waals surface area contributed by atoms with Gasteiger partial charge >= 0.3 is 0 Å². The van der Waals surface area contributed by atoms with Crippen LogP contribution in [0.4, 0.5) is 5.69 Å². The first-order valence-electron chi connectivity index (χ1n) is 4.40. The molecular formula is C9H14N4O. The fourth-order valence-corrected chi connectivity index (χ4v) is 0.886. The van der Waals surface area contributed by atoms with Gasteiger partial charge < -0.3 is 10.6 Å². The van der Waals surface area contributed by atoms with Gasteiger partial charge in [-0.15, -0.1) is 0 Å². The Balaban J connectivity index is 2.70. The summed E-state index contributed by atoms with van der Waals surface area (Å²) in [4.78, 5) is 19.3. The third-order valence-corrected chi connectivity index (χ3v) is 2.00. The maximum atomic E-state index is 11.5. The van der Waals surface area contributed by atoms with Crippen LogP contribution in [0.25, 0.3) is 0 Å². The fourth-order valence-electron chi connectivity index (χ4n) is 0.886.